The molecule has 2 nitrogen and oxygen atoms in total. The summed E-state index contributed by atoms with van der Waals surface area (Å²) in [6, 6.07) is 5.22. The molecule has 0 fully saturated rings. The van der Waals surface area contributed by atoms with Gasteiger partial charge in [0.2, 0.25) is 0 Å². The molecule has 0 amide bonds. The van der Waals surface area contributed by atoms with E-state index in [1.807, 2.05) is 0 Å². The molecule has 0 spiro atoms. The minimum Gasteiger partial charge on any atom is -0.495 e. The molecule has 1 heterocycles. The summed E-state index contributed by atoms with van der Waals surface area (Å²) in [5, 5.41) is 3.00. The highest BCUT2D eigenvalue weighted by Gasteiger charge is 2.32. The molecule has 1 aliphatic heterocycles. The molecule has 4 heteroatoms. The van der Waals surface area contributed by atoms with E-state index in [1.165, 1.54) is 0 Å². The van der Waals surface area contributed by atoms with Gasteiger partial charge >= 0.3 is 0 Å². The van der Waals surface area contributed by atoms with Crippen molar-refractivity contribution in [2.24, 2.45) is 0 Å². The fourth-order valence-corrected chi connectivity index (χ4v) is 1.83. The normalized spacial score (nSPS) is 18.6. The van der Waals surface area contributed by atoms with E-state index in [9.17, 15) is 8.78 Å². The maximum absolute atomic E-state index is 13.3. The molecule has 0 saturated carbocycles. The van der Waals surface area contributed by atoms with Crippen LogP contribution in [-0.2, 0) is 6.42 Å². The summed E-state index contributed by atoms with van der Waals surface area (Å²) in [7, 11) is 1.54. The first kappa shape index (κ1) is 10.2. The van der Waals surface area contributed by atoms with E-state index in [0.717, 1.165) is 0 Å². The number of fused-ring (bicyclic) bond motifs is 1. The van der Waals surface area contributed by atoms with E-state index in [0.29, 0.717) is 17.0 Å². The Hall–Kier alpha value is -1.32. The maximum atomic E-state index is 13.3. The molecule has 2 rings (SSSR count). The molecule has 1 N–H and O–H groups in total. The third-order valence-corrected chi connectivity index (χ3v) is 2.57. The molecule has 1 aromatic rings. The van der Waals surface area contributed by atoms with Crippen LogP contribution in [0, 0.1) is 0 Å². The Morgan fingerprint density at radius 2 is 2.20 bits per heavy atom. The molecule has 0 unspecified atom stereocenters. The lowest BCUT2D eigenvalue weighted by Crippen LogP contribution is -2.19. The second kappa shape index (κ2) is 3.68. The van der Waals surface area contributed by atoms with E-state index >= 15 is 0 Å². The summed E-state index contributed by atoms with van der Waals surface area (Å²) < 4.78 is 31.7. The molecule has 0 aliphatic carbocycles. The summed E-state index contributed by atoms with van der Waals surface area (Å²) >= 11 is 0. The van der Waals surface area contributed by atoms with E-state index in [-0.39, 0.29) is 19.4 Å². The fourth-order valence-electron chi connectivity index (χ4n) is 1.83. The maximum Gasteiger partial charge on any atom is 0.253 e. The SMILES string of the molecule is COc1cccc2c1NCCC(F)(F)C2. The van der Waals surface area contributed by atoms with Gasteiger partial charge in [0.1, 0.15) is 5.75 Å². The van der Waals surface area contributed by atoms with Crippen molar-refractivity contribution < 1.29 is 13.5 Å². The Morgan fingerprint density at radius 3 is 2.93 bits per heavy atom. The summed E-state index contributed by atoms with van der Waals surface area (Å²) in [5.74, 6) is -1.99. The minimum absolute atomic E-state index is 0.134. The number of hydrogen-bond acceptors (Lipinski definition) is 2. The number of ether oxygens (including phenoxy) is 1. The molecule has 15 heavy (non-hydrogen) atoms. The largest absolute Gasteiger partial charge is 0.495 e. The van der Waals surface area contributed by atoms with Crippen LogP contribution in [0.2, 0.25) is 0 Å². The van der Waals surface area contributed by atoms with Crippen LogP contribution in [-0.4, -0.2) is 19.6 Å². The molecular weight excluding hydrogens is 200 g/mol. The van der Waals surface area contributed by atoms with Gasteiger partial charge in [0.15, 0.2) is 0 Å². The summed E-state index contributed by atoms with van der Waals surface area (Å²) in [5.41, 5.74) is 1.33. The Labute approximate surface area is 87.2 Å². The molecule has 1 aliphatic rings. The van der Waals surface area contributed by atoms with E-state index in [2.05, 4.69) is 5.32 Å². The number of alkyl halides is 2. The fraction of sp³-hybridized carbons (Fsp3) is 0.455. The molecular formula is C11H13F2NO. The topological polar surface area (TPSA) is 21.3 Å². The smallest absolute Gasteiger partial charge is 0.253 e. The van der Waals surface area contributed by atoms with Crippen LogP contribution in [0.4, 0.5) is 14.5 Å². The molecule has 0 radical (unpaired) electrons. The number of halogens is 2. The average Bonchev–Trinajstić information content (AvgIpc) is 2.33. The molecule has 0 saturated heterocycles. The van der Waals surface area contributed by atoms with Crippen molar-refractivity contribution in [1.82, 2.24) is 0 Å². The number of benzene rings is 1. The standard InChI is InChI=1S/C11H13F2NO/c1-15-9-4-2-3-8-7-11(12,13)5-6-14-10(8)9/h2-4,14H,5-7H2,1H3. The lowest BCUT2D eigenvalue weighted by molar-refractivity contribution is -0.00195. The molecule has 0 bridgehead atoms. The van der Waals surface area contributed by atoms with Crippen LogP contribution in [0.3, 0.4) is 0 Å². The van der Waals surface area contributed by atoms with Gasteiger partial charge in [0, 0.05) is 19.4 Å². The zero-order valence-corrected chi connectivity index (χ0v) is 8.52. The van der Waals surface area contributed by atoms with Gasteiger partial charge < -0.3 is 10.1 Å². The first-order valence-corrected chi connectivity index (χ1v) is 4.90. The van der Waals surface area contributed by atoms with E-state index in [4.69, 9.17) is 4.74 Å². The van der Waals surface area contributed by atoms with Crippen molar-refractivity contribution in [2.75, 3.05) is 19.0 Å². The van der Waals surface area contributed by atoms with Gasteiger partial charge in [-0.1, -0.05) is 12.1 Å². The predicted molar refractivity (Wildman–Crippen MR) is 54.8 cm³/mol. The zero-order valence-electron chi connectivity index (χ0n) is 8.52. The van der Waals surface area contributed by atoms with Gasteiger partial charge in [-0.25, -0.2) is 8.78 Å². The third-order valence-electron chi connectivity index (χ3n) is 2.57. The van der Waals surface area contributed by atoms with Crippen molar-refractivity contribution in [3.63, 3.8) is 0 Å². The van der Waals surface area contributed by atoms with Gasteiger partial charge in [-0.15, -0.1) is 0 Å². The summed E-state index contributed by atoms with van der Waals surface area (Å²) in [6.45, 7) is 0.278. The second-order valence-corrected chi connectivity index (χ2v) is 3.70. The Kier molecular flexibility index (Phi) is 2.50. The molecule has 1 aromatic carbocycles. The highest BCUT2D eigenvalue weighted by Crippen LogP contribution is 2.36. The summed E-state index contributed by atoms with van der Waals surface area (Å²) in [6.07, 6.45) is -0.350. The third kappa shape index (κ3) is 2.03. The average molecular weight is 213 g/mol. The molecule has 0 aromatic heterocycles. The van der Waals surface area contributed by atoms with Gasteiger partial charge in [-0.3, -0.25) is 0 Å². The van der Waals surface area contributed by atoms with Crippen molar-refractivity contribution >= 4 is 5.69 Å². The van der Waals surface area contributed by atoms with Gasteiger partial charge in [-0.05, 0) is 11.6 Å². The first-order chi connectivity index (χ1) is 7.12. The summed E-state index contributed by atoms with van der Waals surface area (Å²) in [4.78, 5) is 0. The zero-order chi connectivity index (χ0) is 10.9. The van der Waals surface area contributed by atoms with Gasteiger partial charge in [0.25, 0.3) is 5.92 Å². The highest BCUT2D eigenvalue weighted by molar-refractivity contribution is 5.63. The van der Waals surface area contributed by atoms with Crippen LogP contribution in [0.5, 0.6) is 5.75 Å². The lowest BCUT2D eigenvalue weighted by Gasteiger charge is -2.13. The van der Waals surface area contributed by atoms with Crippen molar-refractivity contribution in [3.05, 3.63) is 23.8 Å². The van der Waals surface area contributed by atoms with E-state index in [1.54, 1.807) is 25.3 Å². The lowest BCUT2D eigenvalue weighted by atomic mass is 10.0. The van der Waals surface area contributed by atoms with Crippen LogP contribution < -0.4 is 10.1 Å². The number of hydrogen-bond donors (Lipinski definition) is 1. The van der Waals surface area contributed by atoms with Crippen LogP contribution in [0.25, 0.3) is 0 Å². The predicted octanol–water partition coefficient (Wildman–Crippen LogP) is 2.69. The minimum atomic E-state index is -2.62. The monoisotopic (exact) mass is 213 g/mol. The highest BCUT2D eigenvalue weighted by atomic mass is 19.3. The number of nitrogens with one attached hydrogen (secondary N) is 1. The quantitative estimate of drug-likeness (QED) is 0.774. The second-order valence-electron chi connectivity index (χ2n) is 3.70. The molecule has 82 valence electrons. The Balaban J connectivity index is 2.41. The Bertz CT molecular complexity index is 366. The van der Waals surface area contributed by atoms with Gasteiger partial charge in [-0.2, -0.15) is 0 Å². The van der Waals surface area contributed by atoms with Crippen molar-refractivity contribution in [1.29, 1.82) is 0 Å². The van der Waals surface area contributed by atoms with Crippen LogP contribution >= 0.6 is 0 Å². The first-order valence-electron chi connectivity index (χ1n) is 4.90. The Morgan fingerprint density at radius 1 is 1.40 bits per heavy atom. The van der Waals surface area contributed by atoms with Crippen molar-refractivity contribution in [3.8, 4) is 5.75 Å². The molecule has 0 atom stereocenters. The van der Waals surface area contributed by atoms with E-state index < -0.39 is 5.92 Å². The number of anilines is 1. The number of rotatable bonds is 1. The van der Waals surface area contributed by atoms with Gasteiger partial charge in [0.05, 0.1) is 12.8 Å². The van der Waals surface area contributed by atoms with Crippen LogP contribution in [0.1, 0.15) is 12.0 Å². The number of para-hydroxylation sites is 1. The van der Waals surface area contributed by atoms with Crippen LogP contribution in [0.15, 0.2) is 18.2 Å². The number of methoxy groups -OCH3 is 1. The van der Waals surface area contributed by atoms with Crippen molar-refractivity contribution in [2.45, 2.75) is 18.8 Å².